The van der Waals surface area contributed by atoms with Crippen molar-refractivity contribution >= 4 is 23.7 Å². The van der Waals surface area contributed by atoms with Crippen molar-refractivity contribution in [1.29, 1.82) is 0 Å². The van der Waals surface area contributed by atoms with Gasteiger partial charge in [-0.1, -0.05) is 23.3 Å². The van der Waals surface area contributed by atoms with Crippen LogP contribution in [0, 0.1) is 11.8 Å². The van der Waals surface area contributed by atoms with Gasteiger partial charge in [0.2, 0.25) is 5.60 Å². The number of rotatable bonds is 4. The second kappa shape index (κ2) is 8.52. The number of carbonyl (C=O) groups excluding carboxylic acids is 4. The van der Waals surface area contributed by atoms with Gasteiger partial charge < -0.3 is 14.2 Å². The molecule has 1 fully saturated rings. The Labute approximate surface area is 188 Å². The van der Waals surface area contributed by atoms with Crippen molar-refractivity contribution in [2.45, 2.75) is 72.7 Å². The first-order chi connectivity index (χ1) is 15.0. The highest BCUT2D eigenvalue weighted by Gasteiger charge is 2.65. The fourth-order valence-electron chi connectivity index (χ4n) is 4.76. The van der Waals surface area contributed by atoms with E-state index in [4.69, 9.17) is 14.2 Å². The summed E-state index contributed by atoms with van der Waals surface area (Å²) in [6.45, 7) is 11.8. The van der Waals surface area contributed by atoms with Crippen LogP contribution in [0.4, 0.5) is 0 Å². The number of ether oxygens (including phenoxy) is 3. The summed E-state index contributed by atoms with van der Waals surface area (Å²) in [5, 5.41) is 0. The molecule has 0 aromatic carbocycles. The van der Waals surface area contributed by atoms with Crippen LogP contribution in [0.25, 0.3) is 0 Å². The van der Waals surface area contributed by atoms with Gasteiger partial charge in [0.05, 0.1) is 5.92 Å². The molecule has 1 saturated heterocycles. The Morgan fingerprint density at radius 2 is 1.69 bits per heavy atom. The van der Waals surface area contributed by atoms with E-state index in [-0.39, 0.29) is 12.2 Å². The molecule has 2 aliphatic carbocycles. The van der Waals surface area contributed by atoms with Crippen LogP contribution < -0.4 is 0 Å². The molecule has 1 heterocycles. The summed E-state index contributed by atoms with van der Waals surface area (Å²) in [6.07, 6.45) is 3.39. The zero-order chi connectivity index (χ0) is 24.0. The molecule has 7 nitrogen and oxygen atoms in total. The second-order valence-corrected chi connectivity index (χ2v) is 8.91. The number of esters is 3. The van der Waals surface area contributed by atoms with Gasteiger partial charge in [-0.3, -0.25) is 4.79 Å². The van der Waals surface area contributed by atoms with Gasteiger partial charge in [-0.25, -0.2) is 14.4 Å². The van der Waals surface area contributed by atoms with E-state index in [9.17, 15) is 19.2 Å². The highest BCUT2D eigenvalue weighted by molar-refractivity contribution is 6.09. The number of fused-ring (bicyclic) bond motifs is 3. The van der Waals surface area contributed by atoms with E-state index in [0.717, 1.165) is 11.1 Å². The predicted octanol–water partition coefficient (Wildman–Crippen LogP) is 3.54. The quantitative estimate of drug-likeness (QED) is 0.373. The maximum Gasteiger partial charge on any atom is 0.351 e. The maximum atomic E-state index is 13.1. The van der Waals surface area contributed by atoms with Gasteiger partial charge in [-0.05, 0) is 54.5 Å². The van der Waals surface area contributed by atoms with E-state index in [1.165, 1.54) is 6.92 Å². The second-order valence-electron chi connectivity index (χ2n) is 8.91. The average molecular weight is 443 g/mol. The number of hydrogen-bond acceptors (Lipinski definition) is 7. The van der Waals surface area contributed by atoms with Gasteiger partial charge in [0.25, 0.3) is 0 Å². The van der Waals surface area contributed by atoms with Gasteiger partial charge in [-0.2, -0.15) is 0 Å². The lowest BCUT2D eigenvalue weighted by atomic mass is 9.77. The standard InChI is InChI=1S/C25H30O7/c1-8-12(3)22(27)30-17-11-15(6)18-16(26)10-14(5)19(18)21-20(17)25(7,24(29)31-21)32-23(28)13(4)9-2/h8-10,17,19-21H,11H2,1-7H3/b12-8+,13-9+/t17-,19-,20+,21+,25-/m0/s1. The Bertz CT molecular complexity index is 1010. The number of hydrogen-bond donors (Lipinski definition) is 0. The van der Waals surface area contributed by atoms with Crippen molar-refractivity contribution in [2.24, 2.45) is 11.8 Å². The van der Waals surface area contributed by atoms with Crippen LogP contribution in [-0.2, 0) is 33.4 Å². The van der Waals surface area contributed by atoms with Crippen LogP contribution in [-0.4, -0.2) is 41.5 Å². The van der Waals surface area contributed by atoms with Crippen LogP contribution in [0.2, 0.25) is 0 Å². The minimum atomic E-state index is -1.68. The summed E-state index contributed by atoms with van der Waals surface area (Å²) in [7, 11) is 0. The number of allylic oxidation sites excluding steroid dienone is 3. The molecule has 172 valence electrons. The molecular weight excluding hydrogens is 412 g/mol. The third-order valence-electron chi connectivity index (χ3n) is 6.83. The van der Waals surface area contributed by atoms with E-state index in [0.29, 0.717) is 16.7 Å². The third-order valence-corrected chi connectivity index (χ3v) is 6.83. The Morgan fingerprint density at radius 3 is 2.28 bits per heavy atom. The van der Waals surface area contributed by atoms with E-state index in [2.05, 4.69) is 0 Å². The molecule has 0 aromatic rings. The minimum absolute atomic E-state index is 0.133. The van der Waals surface area contributed by atoms with Crippen molar-refractivity contribution < 1.29 is 33.4 Å². The molecule has 0 saturated carbocycles. The molecule has 0 amide bonds. The summed E-state index contributed by atoms with van der Waals surface area (Å²) >= 11 is 0. The Hall–Kier alpha value is -2.96. The van der Waals surface area contributed by atoms with E-state index in [1.807, 2.05) is 13.8 Å². The molecule has 0 unspecified atom stereocenters. The molecule has 32 heavy (non-hydrogen) atoms. The number of carbonyl (C=O) groups is 4. The summed E-state index contributed by atoms with van der Waals surface area (Å²) in [6, 6.07) is 0. The highest BCUT2D eigenvalue weighted by Crippen LogP contribution is 2.51. The van der Waals surface area contributed by atoms with Gasteiger partial charge in [0.15, 0.2) is 5.78 Å². The first-order valence-corrected chi connectivity index (χ1v) is 10.8. The number of ketones is 1. The molecule has 0 N–H and O–H groups in total. The van der Waals surface area contributed by atoms with Crippen molar-refractivity contribution in [3.8, 4) is 0 Å². The van der Waals surface area contributed by atoms with Crippen LogP contribution in [0.3, 0.4) is 0 Å². The molecule has 3 rings (SSSR count). The van der Waals surface area contributed by atoms with Gasteiger partial charge >= 0.3 is 17.9 Å². The lowest BCUT2D eigenvalue weighted by molar-refractivity contribution is -0.175. The molecule has 5 atom stereocenters. The lowest BCUT2D eigenvalue weighted by Crippen LogP contribution is -2.50. The fraction of sp³-hybridized carbons (Fsp3) is 0.520. The normalized spacial score (nSPS) is 32.7. The molecule has 1 aliphatic heterocycles. The monoisotopic (exact) mass is 442 g/mol. The van der Waals surface area contributed by atoms with Crippen molar-refractivity contribution in [1.82, 2.24) is 0 Å². The molecule has 3 aliphatic rings. The first kappa shape index (κ1) is 23.7. The molecule has 0 spiro atoms. The van der Waals surface area contributed by atoms with Crippen molar-refractivity contribution in [3.63, 3.8) is 0 Å². The Balaban J connectivity index is 2.12. The summed E-state index contributed by atoms with van der Waals surface area (Å²) in [5.74, 6) is -3.27. The molecule has 7 heteroatoms. The SMILES string of the molecule is C/C=C(\C)C(=O)O[C@H]1CC(C)=C2C(=O)C=C(C)[C@@H]2[C@H]2OC(=O)[C@@](C)(OC(=O)/C(C)=C/C)[C@@H]21. The van der Waals surface area contributed by atoms with Crippen molar-refractivity contribution in [2.75, 3.05) is 0 Å². The molecule has 0 bridgehead atoms. The summed E-state index contributed by atoms with van der Waals surface area (Å²) in [5.41, 5.74) is 1.18. The minimum Gasteiger partial charge on any atom is -0.458 e. The topological polar surface area (TPSA) is 96.0 Å². The van der Waals surface area contributed by atoms with E-state index >= 15 is 0 Å². The highest BCUT2D eigenvalue weighted by atomic mass is 16.6. The summed E-state index contributed by atoms with van der Waals surface area (Å²) < 4.78 is 17.4. The van der Waals surface area contributed by atoms with Gasteiger partial charge in [0.1, 0.15) is 12.2 Å². The lowest BCUT2D eigenvalue weighted by Gasteiger charge is -2.34. The first-order valence-electron chi connectivity index (χ1n) is 10.8. The van der Waals surface area contributed by atoms with Gasteiger partial charge in [0, 0.05) is 29.1 Å². The van der Waals surface area contributed by atoms with Gasteiger partial charge in [-0.15, -0.1) is 0 Å². The Kier molecular flexibility index (Phi) is 6.31. The molecule has 0 aromatic heterocycles. The smallest absolute Gasteiger partial charge is 0.351 e. The third kappa shape index (κ3) is 3.74. The zero-order valence-corrected chi connectivity index (χ0v) is 19.6. The van der Waals surface area contributed by atoms with Crippen molar-refractivity contribution in [3.05, 3.63) is 46.1 Å². The largest absolute Gasteiger partial charge is 0.458 e. The fourth-order valence-corrected chi connectivity index (χ4v) is 4.76. The molecular formula is C25H30O7. The van der Waals surface area contributed by atoms with E-state index < -0.39 is 47.6 Å². The summed E-state index contributed by atoms with van der Waals surface area (Å²) in [4.78, 5) is 51.1. The van der Waals surface area contributed by atoms with Crippen LogP contribution >= 0.6 is 0 Å². The average Bonchev–Trinajstić information content (AvgIpc) is 3.12. The zero-order valence-electron chi connectivity index (χ0n) is 19.6. The molecule has 0 radical (unpaired) electrons. The van der Waals surface area contributed by atoms with Crippen LogP contribution in [0.1, 0.15) is 54.9 Å². The van der Waals surface area contributed by atoms with E-state index in [1.54, 1.807) is 45.9 Å². The Morgan fingerprint density at radius 1 is 1.09 bits per heavy atom. The maximum absolute atomic E-state index is 13.1. The predicted molar refractivity (Wildman–Crippen MR) is 116 cm³/mol. The van der Waals surface area contributed by atoms with Crippen LogP contribution in [0.5, 0.6) is 0 Å². The van der Waals surface area contributed by atoms with Crippen LogP contribution in [0.15, 0.2) is 46.1 Å².